The first-order valence-corrected chi connectivity index (χ1v) is 6.22. The molecule has 6 heteroatoms. The number of non-ortho nitro benzene ring substituents is 1. The quantitative estimate of drug-likeness (QED) is 0.613. The van der Waals surface area contributed by atoms with Crippen LogP contribution < -0.4 is 5.32 Å². The molecule has 0 spiro atoms. The number of benzene rings is 1. The summed E-state index contributed by atoms with van der Waals surface area (Å²) >= 11 is 0. The molecule has 2 rings (SSSR count). The standard InChI is InChI=1S/C13H16N2O4/c16-12-5-10(6-12)8-14-13(17)7-9-1-3-11(4-2-9)15(18)19/h1-4,10,12,16H,5-8H2,(H,14,17). The molecule has 2 N–H and O–H groups in total. The van der Waals surface area contributed by atoms with Gasteiger partial charge in [0.2, 0.25) is 5.91 Å². The van der Waals surface area contributed by atoms with Gasteiger partial charge in [-0.3, -0.25) is 14.9 Å². The van der Waals surface area contributed by atoms with Crippen molar-refractivity contribution in [1.29, 1.82) is 0 Å². The third-order valence-corrected chi connectivity index (χ3v) is 3.31. The van der Waals surface area contributed by atoms with Gasteiger partial charge in [-0.2, -0.15) is 0 Å². The van der Waals surface area contributed by atoms with E-state index in [0.29, 0.717) is 12.5 Å². The number of nitrogens with zero attached hydrogens (tertiary/aromatic N) is 1. The molecule has 1 aliphatic carbocycles. The Morgan fingerprint density at radius 3 is 2.53 bits per heavy atom. The average molecular weight is 264 g/mol. The fourth-order valence-corrected chi connectivity index (χ4v) is 2.11. The molecular formula is C13H16N2O4. The summed E-state index contributed by atoms with van der Waals surface area (Å²) in [6.07, 6.45) is 1.50. The van der Waals surface area contributed by atoms with Crippen LogP contribution in [0.5, 0.6) is 0 Å². The molecule has 1 amide bonds. The van der Waals surface area contributed by atoms with Gasteiger partial charge in [-0.1, -0.05) is 12.1 Å². The van der Waals surface area contributed by atoms with Gasteiger partial charge in [-0.05, 0) is 24.3 Å². The number of amides is 1. The third-order valence-electron chi connectivity index (χ3n) is 3.31. The molecule has 6 nitrogen and oxygen atoms in total. The van der Waals surface area contributed by atoms with Crippen LogP contribution >= 0.6 is 0 Å². The number of nitro benzene ring substituents is 1. The molecule has 1 fully saturated rings. The Bertz CT molecular complexity index is 466. The van der Waals surface area contributed by atoms with Crippen LogP contribution in [0.4, 0.5) is 5.69 Å². The Morgan fingerprint density at radius 1 is 1.37 bits per heavy atom. The SMILES string of the molecule is O=C(Cc1ccc([N+](=O)[O-])cc1)NCC1CC(O)C1. The molecule has 1 saturated carbocycles. The van der Waals surface area contributed by atoms with Crippen molar-refractivity contribution >= 4 is 11.6 Å². The molecule has 0 saturated heterocycles. The van der Waals surface area contributed by atoms with E-state index in [1.165, 1.54) is 12.1 Å². The van der Waals surface area contributed by atoms with Crippen molar-refractivity contribution in [3.8, 4) is 0 Å². The Hall–Kier alpha value is -1.95. The van der Waals surface area contributed by atoms with Gasteiger partial charge in [-0.25, -0.2) is 0 Å². The summed E-state index contributed by atoms with van der Waals surface area (Å²) in [5.41, 5.74) is 0.768. The van der Waals surface area contributed by atoms with Crippen LogP contribution in [-0.4, -0.2) is 28.6 Å². The lowest BCUT2D eigenvalue weighted by Crippen LogP contribution is -2.38. The average Bonchev–Trinajstić information content (AvgIpc) is 2.34. The summed E-state index contributed by atoms with van der Waals surface area (Å²) in [6, 6.07) is 5.96. The first kappa shape index (κ1) is 13.5. The van der Waals surface area contributed by atoms with Crippen LogP contribution in [0, 0.1) is 16.0 Å². The molecule has 0 unspecified atom stereocenters. The molecule has 102 valence electrons. The van der Waals surface area contributed by atoms with Gasteiger partial charge < -0.3 is 10.4 Å². The fourth-order valence-electron chi connectivity index (χ4n) is 2.11. The van der Waals surface area contributed by atoms with E-state index in [1.54, 1.807) is 12.1 Å². The second kappa shape index (κ2) is 5.79. The van der Waals surface area contributed by atoms with Gasteiger partial charge in [0, 0.05) is 18.7 Å². The van der Waals surface area contributed by atoms with E-state index in [1.807, 2.05) is 0 Å². The van der Waals surface area contributed by atoms with Crippen molar-refractivity contribution in [3.05, 3.63) is 39.9 Å². The maximum absolute atomic E-state index is 11.6. The summed E-state index contributed by atoms with van der Waals surface area (Å²) in [4.78, 5) is 21.7. The predicted molar refractivity (Wildman–Crippen MR) is 68.5 cm³/mol. The monoisotopic (exact) mass is 264 g/mol. The van der Waals surface area contributed by atoms with Crippen LogP contribution in [0.25, 0.3) is 0 Å². The second-order valence-corrected chi connectivity index (χ2v) is 4.90. The molecule has 0 aromatic heterocycles. The van der Waals surface area contributed by atoms with Gasteiger partial charge >= 0.3 is 0 Å². The maximum Gasteiger partial charge on any atom is 0.269 e. The minimum absolute atomic E-state index is 0.0209. The number of rotatable bonds is 5. The Labute approximate surface area is 110 Å². The molecule has 1 aromatic carbocycles. The smallest absolute Gasteiger partial charge is 0.269 e. The molecule has 0 radical (unpaired) electrons. The van der Waals surface area contributed by atoms with Crippen LogP contribution in [0.1, 0.15) is 18.4 Å². The molecule has 0 heterocycles. The molecular weight excluding hydrogens is 248 g/mol. The summed E-state index contributed by atoms with van der Waals surface area (Å²) in [7, 11) is 0. The van der Waals surface area contributed by atoms with Crippen LogP contribution in [0.2, 0.25) is 0 Å². The number of hydrogen-bond donors (Lipinski definition) is 2. The number of nitrogens with one attached hydrogen (secondary N) is 1. The van der Waals surface area contributed by atoms with E-state index in [4.69, 9.17) is 5.11 Å². The molecule has 19 heavy (non-hydrogen) atoms. The Balaban J connectivity index is 1.76. The zero-order valence-electron chi connectivity index (χ0n) is 10.4. The van der Waals surface area contributed by atoms with Crippen molar-refractivity contribution in [2.75, 3.05) is 6.54 Å². The van der Waals surface area contributed by atoms with Crippen molar-refractivity contribution in [2.24, 2.45) is 5.92 Å². The van der Waals surface area contributed by atoms with Crippen LogP contribution in [0.3, 0.4) is 0 Å². The van der Waals surface area contributed by atoms with E-state index < -0.39 is 4.92 Å². The predicted octanol–water partition coefficient (Wildman–Crippen LogP) is 1.02. The maximum atomic E-state index is 11.6. The minimum Gasteiger partial charge on any atom is -0.393 e. The van der Waals surface area contributed by atoms with Gasteiger partial charge in [0.15, 0.2) is 0 Å². The largest absolute Gasteiger partial charge is 0.393 e. The number of hydrogen-bond acceptors (Lipinski definition) is 4. The number of aliphatic hydroxyl groups is 1. The summed E-state index contributed by atoms with van der Waals surface area (Å²) in [5.74, 6) is 0.269. The topological polar surface area (TPSA) is 92.5 Å². The summed E-state index contributed by atoms with van der Waals surface area (Å²) in [6.45, 7) is 0.586. The van der Waals surface area contributed by atoms with Gasteiger partial charge in [0.05, 0.1) is 17.4 Å². The fraction of sp³-hybridized carbons (Fsp3) is 0.462. The lowest BCUT2D eigenvalue weighted by molar-refractivity contribution is -0.384. The third kappa shape index (κ3) is 3.75. The highest BCUT2D eigenvalue weighted by Gasteiger charge is 2.27. The zero-order chi connectivity index (χ0) is 13.8. The Morgan fingerprint density at radius 2 is 2.00 bits per heavy atom. The van der Waals surface area contributed by atoms with Gasteiger partial charge in [0.1, 0.15) is 0 Å². The summed E-state index contributed by atoms with van der Waals surface area (Å²) in [5, 5.41) is 22.4. The number of carbonyl (C=O) groups excluding carboxylic acids is 1. The normalized spacial score (nSPS) is 21.5. The zero-order valence-corrected chi connectivity index (χ0v) is 10.4. The molecule has 0 aliphatic heterocycles. The van der Waals surface area contributed by atoms with E-state index in [2.05, 4.69) is 5.32 Å². The highest BCUT2D eigenvalue weighted by molar-refractivity contribution is 5.78. The van der Waals surface area contributed by atoms with E-state index in [9.17, 15) is 14.9 Å². The highest BCUT2D eigenvalue weighted by Crippen LogP contribution is 2.26. The number of aliphatic hydroxyl groups excluding tert-OH is 1. The lowest BCUT2D eigenvalue weighted by atomic mass is 9.82. The first-order chi connectivity index (χ1) is 9.04. The van der Waals surface area contributed by atoms with E-state index >= 15 is 0 Å². The number of nitro groups is 1. The highest BCUT2D eigenvalue weighted by atomic mass is 16.6. The molecule has 0 atom stereocenters. The minimum atomic E-state index is -0.467. The van der Waals surface area contributed by atoms with Crippen molar-refractivity contribution in [3.63, 3.8) is 0 Å². The molecule has 1 aromatic rings. The second-order valence-electron chi connectivity index (χ2n) is 4.90. The van der Waals surface area contributed by atoms with Crippen molar-refractivity contribution in [1.82, 2.24) is 5.32 Å². The van der Waals surface area contributed by atoms with Crippen molar-refractivity contribution < 1.29 is 14.8 Å². The van der Waals surface area contributed by atoms with Gasteiger partial charge in [0.25, 0.3) is 5.69 Å². The Kier molecular flexibility index (Phi) is 4.11. The summed E-state index contributed by atoms with van der Waals surface area (Å²) < 4.78 is 0. The van der Waals surface area contributed by atoms with Gasteiger partial charge in [-0.15, -0.1) is 0 Å². The molecule has 1 aliphatic rings. The van der Waals surface area contributed by atoms with E-state index in [0.717, 1.165) is 18.4 Å². The molecule has 0 bridgehead atoms. The van der Waals surface area contributed by atoms with Crippen molar-refractivity contribution in [2.45, 2.75) is 25.4 Å². The number of carbonyl (C=O) groups is 1. The first-order valence-electron chi connectivity index (χ1n) is 6.22. The lowest BCUT2D eigenvalue weighted by Gasteiger charge is -2.31. The van der Waals surface area contributed by atoms with Crippen LogP contribution in [0.15, 0.2) is 24.3 Å². The van der Waals surface area contributed by atoms with Crippen LogP contribution in [-0.2, 0) is 11.2 Å². The van der Waals surface area contributed by atoms with E-state index in [-0.39, 0.29) is 24.1 Å².